The van der Waals surface area contributed by atoms with Gasteiger partial charge >= 0.3 is 5.97 Å². The van der Waals surface area contributed by atoms with Crippen molar-refractivity contribution >= 4 is 22.4 Å². The average molecular weight is 457 g/mol. The van der Waals surface area contributed by atoms with Crippen molar-refractivity contribution < 1.29 is 19.0 Å². The normalized spacial score (nSPS) is 10.6. The fourth-order valence-corrected chi connectivity index (χ4v) is 3.86. The Morgan fingerprint density at radius 1 is 1.12 bits per heavy atom. The third kappa shape index (κ3) is 4.32. The van der Waals surface area contributed by atoms with Crippen molar-refractivity contribution in [3.63, 3.8) is 0 Å². The number of carbonyl (C=O) groups is 1. The molecule has 4 rings (SSSR count). The standard InChI is InChI=1S/C26H20FN3O4/c1-34-20-9-10-21-22(14-20)24(17-3-2-4-18(27)13-17)23(15-28)30(25(21)31)12-11-29-19-7-5-16(6-8-19)26(32)33/h2-10,13-14,29H,11-12H2,1H3,(H,32,33). The van der Waals surface area contributed by atoms with E-state index in [-0.39, 0.29) is 23.4 Å². The highest BCUT2D eigenvalue weighted by atomic mass is 19.1. The molecule has 4 aromatic rings. The van der Waals surface area contributed by atoms with Crippen LogP contribution in [0.1, 0.15) is 16.1 Å². The smallest absolute Gasteiger partial charge is 0.335 e. The highest BCUT2D eigenvalue weighted by Gasteiger charge is 2.19. The van der Waals surface area contributed by atoms with E-state index >= 15 is 0 Å². The van der Waals surface area contributed by atoms with E-state index in [1.165, 1.54) is 35.9 Å². The van der Waals surface area contributed by atoms with Crippen LogP contribution in [0, 0.1) is 17.1 Å². The predicted octanol–water partition coefficient (Wildman–Crippen LogP) is 4.50. The summed E-state index contributed by atoms with van der Waals surface area (Å²) in [5.74, 6) is -0.964. The number of nitrogens with one attached hydrogen (secondary N) is 1. The number of pyridine rings is 1. The second-order valence-corrected chi connectivity index (χ2v) is 7.52. The van der Waals surface area contributed by atoms with E-state index < -0.39 is 11.8 Å². The molecule has 0 aliphatic heterocycles. The monoisotopic (exact) mass is 457 g/mol. The minimum absolute atomic E-state index is 0.111. The number of nitrogens with zero attached hydrogens (tertiary/aromatic N) is 2. The minimum atomic E-state index is -1.02. The maximum atomic E-state index is 14.1. The van der Waals surface area contributed by atoms with Gasteiger partial charge < -0.3 is 15.2 Å². The molecule has 0 radical (unpaired) electrons. The second-order valence-electron chi connectivity index (χ2n) is 7.52. The Morgan fingerprint density at radius 3 is 2.53 bits per heavy atom. The molecule has 1 aromatic heterocycles. The fraction of sp³-hybridized carbons (Fsp3) is 0.115. The van der Waals surface area contributed by atoms with Crippen LogP contribution >= 0.6 is 0 Å². The predicted molar refractivity (Wildman–Crippen MR) is 127 cm³/mol. The van der Waals surface area contributed by atoms with Crippen molar-refractivity contribution in [1.82, 2.24) is 4.57 Å². The van der Waals surface area contributed by atoms with Crippen LogP contribution in [0.5, 0.6) is 5.75 Å². The van der Waals surface area contributed by atoms with Crippen molar-refractivity contribution in [1.29, 1.82) is 5.26 Å². The van der Waals surface area contributed by atoms with Crippen LogP contribution in [0.4, 0.5) is 10.1 Å². The number of halogens is 1. The number of nitriles is 1. The third-order valence-corrected chi connectivity index (χ3v) is 5.49. The Labute approximate surface area is 194 Å². The average Bonchev–Trinajstić information content (AvgIpc) is 2.85. The van der Waals surface area contributed by atoms with E-state index in [1.54, 1.807) is 42.5 Å². The zero-order valence-corrected chi connectivity index (χ0v) is 18.2. The molecule has 8 heteroatoms. The molecule has 0 atom stereocenters. The Kier molecular flexibility index (Phi) is 6.28. The molecule has 0 aliphatic carbocycles. The molecule has 2 N–H and O–H groups in total. The van der Waals surface area contributed by atoms with E-state index in [0.29, 0.717) is 39.9 Å². The number of anilines is 1. The minimum Gasteiger partial charge on any atom is -0.497 e. The van der Waals surface area contributed by atoms with Gasteiger partial charge in [0.15, 0.2) is 0 Å². The van der Waals surface area contributed by atoms with Gasteiger partial charge in [0, 0.05) is 35.1 Å². The summed E-state index contributed by atoms with van der Waals surface area (Å²) in [7, 11) is 1.50. The first kappa shape index (κ1) is 22.6. The lowest BCUT2D eigenvalue weighted by atomic mass is 9.96. The lowest BCUT2D eigenvalue weighted by Crippen LogP contribution is -2.27. The third-order valence-electron chi connectivity index (χ3n) is 5.49. The lowest BCUT2D eigenvalue weighted by molar-refractivity contribution is 0.0697. The van der Waals surface area contributed by atoms with Gasteiger partial charge in [0.2, 0.25) is 0 Å². The molecule has 0 aliphatic rings. The molecule has 0 unspecified atom stereocenters. The molecular formula is C26H20FN3O4. The summed E-state index contributed by atoms with van der Waals surface area (Å²) < 4.78 is 20.7. The van der Waals surface area contributed by atoms with Crippen molar-refractivity contribution in [3.05, 3.63) is 94.2 Å². The molecule has 0 saturated heterocycles. The van der Waals surface area contributed by atoms with Crippen LogP contribution < -0.4 is 15.6 Å². The summed E-state index contributed by atoms with van der Waals surface area (Å²) >= 11 is 0. The number of aromatic carboxylic acids is 1. The van der Waals surface area contributed by atoms with Gasteiger partial charge in [-0.05, 0) is 60.2 Å². The number of hydrogen-bond donors (Lipinski definition) is 2. The van der Waals surface area contributed by atoms with Crippen molar-refractivity contribution in [2.75, 3.05) is 19.0 Å². The van der Waals surface area contributed by atoms with Crippen LogP contribution in [0.15, 0.2) is 71.5 Å². The van der Waals surface area contributed by atoms with E-state index in [0.717, 1.165) is 0 Å². The zero-order valence-electron chi connectivity index (χ0n) is 18.2. The van der Waals surface area contributed by atoms with E-state index in [9.17, 15) is 19.2 Å². The number of hydrogen-bond acceptors (Lipinski definition) is 5. The number of carboxylic acid groups (broad SMARTS) is 1. The Hall–Kier alpha value is -4.64. The van der Waals surface area contributed by atoms with E-state index in [4.69, 9.17) is 9.84 Å². The lowest BCUT2D eigenvalue weighted by Gasteiger charge is -2.17. The van der Waals surface area contributed by atoms with Crippen LogP contribution in [0.2, 0.25) is 0 Å². The summed E-state index contributed by atoms with van der Waals surface area (Å²) in [6.45, 7) is 0.456. The summed E-state index contributed by atoms with van der Waals surface area (Å²) in [5.41, 5.74) is 1.52. The Bertz CT molecular complexity index is 1490. The van der Waals surface area contributed by atoms with Crippen molar-refractivity contribution in [3.8, 4) is 22.9 Å². The Balaban J connectivity index is 1.79. The molecule has 7 nitrogen and oxygen atoms in total. The SMILES string of the molecule is COc1ccc2c(=O)n(CCNc3ccc(C(=O)O)cc3)c(C#N)c(-c3cccc(F)c3)c2c1. The van der Waals surface area contributed by atoms with Gasteiger partial charge in [-0.1, -0.05) is 12.1 Å². The number of carboxylic acids is 1. The molecule has 0 spiro atoms. The maximum Gasteiger partial charge on any atom is 0.335 e. The van der Waals surface area contributed by atoms with Gasteiger partial charge in [-0.2, -0.15) is 5.26 Å². The van der Waals surface area contributed by atoms with Crippen molar-refractivity contribution in [2.45, 2.75) is 6.54 Å². The van der Waals surface area contributed by atoms with Gasteiger partial charge in [-0.25, -0.2) is 9.18 Å². The number of rotatable bonds is 7. The first-order valence-electron chi connectivity index (χ1n) is 10.4. The first-order valence-corrected chi connectivity index (χ1v) is 10.4. The number of ether oxygens (including phenoxy) is 1. The number of aromatic nitrogens is 1. The summed E-state index contributed by atoms with van der Waals surface area (Å²) in [4.78, 5) is 24.3. The van der Waals surface area contributed by atoms with E-state index in [1.807, 2.05) is 0 Å². The van der Waals surface area contributed by atoms with Crippen molar-refractivity contribution in [2.24, 2.45) is 0 Å². The molecule has 170 valence electrons. The molecule has 0 amide bonds. The van der Waals surface area contributed by atoms with Gasteiger partial charge in [-0.15, -0.1) is 0 Å². The molecule has 34 heavy (non-hydrogen) atoms. The van der Waals surface area contributed by atoms with Gasteiger partial charge in [0.1, 0.15) is 23.3 Å². The molecular weight excluding hydrogens is 437 g/mol. The second kappa shape index (κ2) is 9.46. The zero-order chi connectivity index (χ0) is 24.2. The Morgan fingerprint density at radius 2 is 1.88 bits per heavy atom. The molecule has 1 heterocycles. The highest BCUT2D eigenvalue weighted by molar-refractivity contribution is 5.99. The largest absolute Gasteiger partial charge is 0.497 e. The van der Waals surface area contributed by atoms with Gasteiger partial charge in [0.05, 0.1) is 12.7 Å². The van der Waals surface area contributed by atoms with Crippen LogP contribution in [-0.4, -0.2) is 29.3 Å². The topological polar surface area (TPSA) is 104 Å². The highest BCUT2D eigenvalue weighted by Crippen LogP contribution is 2.33. The summed E-state index contributed by atoms with van der Waals surface area (Å²) in [6, 6.07) is 19.2. The fourth-order valence-electron chi connectivity index (χ4n) is 3.86. The number of methoxy groups -OCH3 is 1. The van der Waals surface area contributed by atoms with Crippen LogP contribution in [-0.2, 0) is 6.54 Å². The first-order chi connectivity index (χ1) is 16.4. The maximum absolute atomic E-state index is 14.1. The van der Waals surface area contributed by atoms with Crippen LogP contribution in [0.3, 0.4) is 0 Å². The van der Waals surface area contributed by atoms with Crippen LogP contribution in [0.25, 0.3) is 21.9 Å². The molecule has 0 bridgehead atoms. The summed E-state index contributed by atoms with van der Waals surface area (Å²) in [6.07, 6.45) is 0. The van der Waals surface area contributed by atoms with E-state index in [2.05, 4.69) is 11.4 Å². The molecule has 3 aromatic carbocycles. The quantitative estimate of drug-likeness (QED) is 0.424. The van der Waals surface area contributed by atoms with Gasteiger partial charge in [0.25, 0.3) is 5.56 Å². The molecule has 0 saturated carbocycles. The van der Waals surface area contributed by atoms with Gasteiger partial charge in [-0.3, -0.25) is 9.36 Å². The number of benzene rings is 3. The molecule has 0 fully saturated rings. The number of fused-ring (bicyclic) bond motifs is 1. The summed E-state index contributed by atoms with van der Waals surface area (Å²) in [5, 5.41) is 23.1.